The molecule has 0 saturated heterocycles. The lowest BCUT2D eigenvalue weighted by atomic mass is 9.95. The number of hydrogen-bond donors (Lipinski definition) is 0. The highest BCUT2D eigenvalue weighted by atomic mass is 79.9. The number of esters is 1. The predicted molar refractivity (Wildman–Crippen MR) is 173 cm³/mol. The van der Waals surface area contributed by atoms with Crippen molar-refractivity contribution in [1.29, 1.82) is 0 Å². The number of alkyl halides is 3. The quantitative estimate of drug-likeness (QED) is 0.167. The number of halogens is 6. The number of fused-ring (bicyclic) bond motifs is 1. The van der Waals surface area contributed by atoms with E-state index in [0.717, 1.165) is 21.5 Å². The number of nitrogens with zero attached hydrogens (tertiary/aromatic N) is 2. The third kappa shape index (κ3) is 7.20. The van der Waals surface area contributed by atoms with E-state index in [4.69, 9.17) is 37.4 Å². The van der Waals surface area contributed by atoms with Gasteiger partial charge in [-0.05, 0) is 88.9 Å². The molecule has 1 atom stereocenters. The molecule has 0 aliphatic carbocycles. The molecule has 0 saturated carbocycles. The molecule has 5 rings (SSSR count). The SMILES string of the molecule is CCOC(=O)C1=C(C(F)(F)F)N=c2s/c(=C\c3cc(Br)c(OCc4ccc(Cl)cc4)c(OCC)c3)c(=O)n2[C@@H]1c1ccc(Cl)cc1. The lowest BCUT2D eigenvalue weighted by Gasteiger charge is -2.26. The van der Waals surface area contributed by atoms with E-state index in [1.807, 2.05) is 12.1 Å². The maximum absolute atomic E-state index is 14.4. The Hall–Kier alpha value is -3.58. The first-order valence-electron chi connectivity index (χ1n) is 13.8. The lowest BCUT2D eigenvalue weighted by molar-refractivity contribution is -0.140. The zero-order valence-corrected chi connectivity index (χ0v) is 28.1. The van der Waals surface area contributed by atoms with Crippen LogP contribution in [0, 0.1) is 0 Å². The van der Waals surface area contributed by atoms with E-state index in [0.29, 0.717) is 38.2 Å². The second-order valence-corrected chi connectivity index (χ2v) is 12.5. The van der Waals surface area contributed by atoms with Gasteiger partial charge in [0.2, 0.25) is 0 Å². The summed E-state index contributed by atoms with van der Waals surface area (Å²) in [6.07, 6.45) is -3.50. The van der Waals surface area contributed by atoms with E-state index >= 15 is 0 Å². The standard InChI is InChI=1S/C32H24BrCl2F3N2O5S/c1-3-43-23-14-18(13-22(33)27(23)45-16-17-5-9-20(34)10-6-17)15-24-29(41)40-26(19-7-11-21(35)12-8-19)25(30(42)44-4-2)28(32(36,37)38)39-31(40)46-24/h5-15,26H,3-4,16H2,1-2H3/b24-15-/t26-/m1/s1. The van der Waals surface area contributed by atoms with Gasteiger partial charge in [-0.2, -0.15) is 13.2 Å². The molecule has 0 fully saturated rings. The van der Waals surface area contributed by atoms with Crippen LogP contribution in [-0.2, 0) is 16.1 Å². The van der Waals surface area contributed by atoms with Crippen LogP contribution in [0.1, 0.15) is 36.6 Å². The Morgan fingerprint density at radius 1 is 1.02 bits per heavy atom. The molecule has 46 heavy (non-hydrogen) atoms. The number of carbonyl (C=O) groups is 1. The molecule has 0 radical (unpaired) electrons. The summed E-state index contributed by atoms with van der Waals surface area (Å²) in [6.45, 7) is 3.64. The van der Waals surface area contributed by atoms with Crippen molar-refractivity contribution in [3.05, 3.63) is 123 Å². The van der Waals surface area contributed by atoms with Crippen molar-refractivity contribution in [2.75, 3.05) is 13.2 Å². The van der Waals surface area contributed by atoms with Crippen LogP contribution in [0.3, 0.4) is 0 Å². The summed E-state index contributed by atoms with van der Waals surface area (Å²) in [6, 6.07) is 14.9. The minimum atomic E-state index is -5.01. The second kappa shape index (κ2) is 14.0. The number of carbonyl (C=O) groups excluding carboxylic acids is 1. The van der Waals surface area contributed by atoms with Crippen molar-refractivity contribution >= 4 is 62.5 Å². The smallest absolute Gasteiger partial charge is 0.434 e. The van der Waals surface area contributed by atoms with Crippen LogP contribution in [0.5, 0.6) is 11.5 Å². The van der Waals surface area contributed by atoms with Gasteiger partial charge in [0.25, 0.3) is 5.56 Å². The van der Waals surface area contributed by atoms with Gasteiger partial charge < -0.3 is 14.2 Å². The third-order valence-electron chi connectivity index (χ3n) is 6.71. The zero-order valence-electron chi connectivity index (χ0n) is 24.2. The fraction of sp³-hybridized carbons (Fsp3) is 0.219. The number of thiazole rings is 1. The summed E-state index contributed by atoms with van der Waals surface area (Å²) in [4.78, 5) is 30.5. The zero-order chi connectivity index (χ0) is 33.2. The van der Waals surface area contributed by atoms with Gasteiger partial charge in [-0.3, -0.25) is 9.36 Å². The van der Waals surface area contributed by atoms with Crippen LogP contribution in [0.25, 0.3) is 6.08 Å². The third-order valence-corrected chi connectivity index (χ3v) is 8.78. The molecule has 0 N–H and O–H groups in total. The van der Waals surface area contributed by atoms with Crippen molar-refractivity contribution in [3.8, 4) is 11.5 Å². The van der Waals surface area contributed by atoms with E-state index in [1.54, 1.807) is 31.2 Å². The van der Waals surface area contributed by atoms with Crippen molar-refractivity contribution < 1.29 is 32.2 Å². The van der Waals surface area contributed by atoms with Gasteiger partial charge in [0, 0.05) is 10.0 Å². The first-order valence-corrected chi connectivity index (χ1v) is 16.2. The number of rotatable bonds is 9. The Morgan fingerprint density at radius 3 is 2.28 bits per heavy atom. The monoisotopic (exact) mass is 754 g/mol. The van der Waals surface area contributed by atoms with Crippen molar-refractivity contribution in [1.82, 2.24) is 4.57 Å². The molecule has 240 valence electrons. The highest BCUT2D eigenvalue weighted by molar-refractivity contribution is 9.10. The first kappa shape index (κ1) is 33.8. The molecule has 0 bridgehead atoms. The molecule has 1 aromatic heterocycles. The Bertz CT molecular complexity index is 1990. The largest absolute Gasteiger partial charge is 0.490 e. The van der Waals surface area contributed by atoms with Gasteiger partial charge in [0.15, 0.2) is 22.0 Å². The summed E-state index contributed by atoms with van der Waals surface area (Å²) in [5, 5.41) is 0.922. The minimum absolute atomic E-state index is 0.0773. The van der Waals surface area contributed by atoms with Gasteiger partial charge in [-0.1, -0.05) is 58.8 Å². The Balaban J connectivity index is 1.64. The van der Waals surface area contributed by atoms with Crippen molar-refractivity contribution in [3.63, 3.8) is 0 Å². The Labute approximate surface area is 283 Å². The number of allylic oxidation sites excluding steroid dienone is 1. The van der Waals surface area contributed by atoms with Gasteiger partial charge >= 0.3 is 12.1 Å². The maximum atomic E-state index is 14.4. The van der Waals surface area contributed by atoms with Crippen molar-refractivity contribution in [2.24, 2.45) is 4.99 Å². The van der Waals surface area contributed by atoms with E-state index in [2.05, 4.69) is 20.9 Å². The molecule has 7 nitrogen and oxygen atoms in total. The van der Waals surface area contributed by atoms with E-state index in [1.165, 1.54) is 37.3 Å². The summed E-state index contributed by atoms with van der Waals surface area (Å²) in [5.41, 5.74) is -1.27. The van der Waals surface area contributed by atoms with Crippen LogP contribution in [0.4, 0.5) is 13.2 Å². The Morgan fingerprint density at radius 2 is 1.67 bits per heavy atom. The average Bonchev–Trinajstić information content (AvgIpc) is 3.31. The molecule has 2 heterocycles. The molecule has 14 heteroatoms. The molecule has 0 amide bonds. The molecule has 1 aliphatic heterocycles. The Kier molecular flexibility index (Phi) is 10.3. The summed E-state index contributed by atoms with van der Waals surface area (Å²) in [5.74, 6) is -0.424. The fourth-order valence-corrected chi connectivity index (χ4v) is 6.59. The number of hydrogen-bond acceptors (Lipinski definition) is 7. The number of ether oxygens (including phenoxy) is 3. The normalized spacial score (nSPS) is 15.0. The van der Waals surface area contributed by atoms with Gasteiger partial charge in [0.05, 0.1) is 33.8 Å². The highest BCUT2D eigenvalue weighted by Gasteiger charge is 2.45. The highest BCUT2D eigenvalue weighted by Crippen LogP contribution is 2.39. The predicted octanol–water partition coefficient (Wildman–Crippen LogP) is 7.39. The van der Waals surface area contributed by atoms with Crippen LogP contribution >= 0.6 is 50.5 Å². The van der Waals surface area contributed by atoms with Crippen LogP contribution in [0.2, 0.25) is 10.0 Å². The number of aromatic nitrogens is 1. The van der Waals surface area contributed by atoms with E-state index < -0.39 is 35.0 Å². The lowest BCUT2D eigenvalue weighted by Crippen LogP contribution is -2.41. The minimum Gasteiger partial charge on any atom is -0.490 e. The van der Waals surface area contributed by atoms with E-state index in [-0.39, 0.29) is 28.1 Å². The van der Waals surface area contributed by atoms with Crippen LogP contribution < -0.4 is 24.4 Å². The molecule has 1 aliphatic rings. The van der Waals surface area contributed by atoms with Gasteiger partial charge in [0.1, 0.15) is 6.61 Å². The van der Waals surface area contributed by atoms with Crippen LogP contribution in [-0.4, -0.2) is 29.9 Å². The molecule has 0 unspecified atom stereocenters. The molecule has 4 aromatic rings. The average molecular weight is 756 g/mol. The van der Waals surface area contributed by atoms with Crippen molar-refractivity contribution in [2.45, 2.75) is 32.7 Å². The summed E-state index contributed by atoms with van der Waals surface area (Å²) < 4.78 is 61.7. The maximum Gasteiger partial charge on any atom is 0.434 e. The molecular formula is C32H24BrCl2F3N2O5S. The molecular weight excluding hydrogens is 732 g/mol. The van der Waals surface area contributed by atoms with Gasteiger partial charge in [-0.15, -0.1) is 0 Å². The number of benzene rings is 3. The topological polar surface area (TPSA) is 79.1 Å². The fourth-order valence-electron chi connectivity index (χ4n) is 4.76. The van der Waals surface area contributed by atoms with Crippen LogP contribution in [0.15, 0.2) is 86.2 Å². The summed E-state index contributed by atoms with van der Waals surface area (Å²) >= 11 is 16.3. The summed E-state index contributed by atoms with van der Waals surface area (Å²) in [7, 11) is 0. The first-order chi connectivity index (χ1) is 21.9. The molecule has 3 aromatic carbocycles. The van der Waals surface area contributed by atoms with Gasteiger partial charge in [-0.25, -0.2) is 9.79 Å². The van der Waals surface area contributed by atoms with E-state index in [9.17, 15) is 22.8 Å². The second-order valence-electron chi connectivity index (χ2n) is 9.79. The molecule has 0 spiro atoms.